The molecule has 2 heteroatoms. The highest BCUT2D eigenvalue weighted by molar-refractivity contribution is 5.86. The molecule has 0 aromatic carbocycles. The molecule has 0 bridgehead atoms. The number of hydrogen-bond donors (Lipinski definition) is 0. The molecule has 0 aliphatic carbocycles. The van der Waals surface area contributed by atoms with Crippen molar-refractivity contribution in [2.75, 3.05) is 6.61 Å². The van der Waals surface area contributed by atoms with E-state index in [1.807, 2.05) is 13.8 Å². The van der Waals surface area contributed by atoms with E-state index in [1.165, 1.54) is 0 Å². The summed E-state index contributed by atoms with van der Waals surface area (Å²) in [6.45, 7) is 8.81. The van der Waals surface area contributed by atoms with Crippen LogP contribution in [-0.2, 0) is 9.53 Å². The maximum Gasteiger partial charge on any atom is 0.164 e. The lowest BCUT2D eigenvalue weighted by molar-refractivity contribution is -0.143. The number of carbonyl (C=O) groups is 1. The van der Waals surface area contributed by atoms with Gasteiger partial charge >= 0.3 is 0 Å². The Labute approximate surface area is 88.0 Å². The van der Waals surface area contributed by atoms with E-state index in [-0.39, 0.29) is 5.78 Å². The summed E-state index contributed by atoms with van der Waals surface area (Å²) in [5.41, 5.74) is -0.527. The molecule has 0 aromatic heterocycles. The van der Waals surface area contributed by atoms with Crippen LogP contribution in [0.2, 0.25) is 0 Å². The van der Waals surface area contributed by atoms with Crippen LogP contribution < -0.4 is 0 Å². The second kappa shape index (κ2) is 6.99. The first-order valence-electron chi connectivity index (χ1n) is 5.78. The minimum atomic E-state index is -0.527. The molecule has 0 spiro atoms. The summed E-state index contributed by atoms with van der Waals surface area (Å²) in [5.74, 6) is 0.260. The fourth-order valence-electron chi connectivity index (χ4n) is 1.59. The monoisotopic (exact) mass is 200 g/mol. The van der Waals surface area contributed by atoms with Crippen LogP contribution in [0.15, 0.2) is 0 Å². The van der Waals surface area contributed by atoms with Crippen LogP contribution in [0.1, 0.15) is 59.8 Å². The Morgan fingerprint density at radius 1 is 1.14 bits per heavy atom. The van der Waals surface area contributed by atoms with E-state index in [0.29, 0.717) is 13.0 Å². The largest absolute Gasteiger partial charge is 0.368 e. The molecular formula is C12H24O2. The van der Waals surface area contributed by atoms with Crippen molar-refractivity contribution in [3.63, 3.8) is 0 Å². The van der Waals surface area contributed by atoms with Crippen LogP contribution in [-0.4, -0.2) is 18.0 Å². The molecular weight excluding hydrogens is 176 g/mol. The van der Waals surface area contributed by atoms with Crippen LogP contribution in [0.5, 0.6) is 0 Å². The minimum Gasteiger partial charge on any atom is -0.368 e. The molecule has 84 valence electrons. The van der Waals surface area contributed by atoms with Crippen molar-refractivity contribution >= 4 is 5.78 Å². The first-order chi connectivity index (χ1) is 6.60. The van der Waals surface area contributed by atoms with Gasteiger partial charge in [0.05, 0.1) is 0 Å². The quantitative estimate of drug-likeness (QED) is 0.600. The number of rotatable bonds is 8. The maximum atomic E-state index is 11.8. The molecule has 0 fully saturated rings. The van der Waals surface area contributed by atoms with Crippen molar-refractivity contribution in [2.24, 2.45) is 0 Å². The Balaban J connectivity index is 4.28. The maximum absolute atomic E-state index is 11.8. The lowest BCUT2D eigenvalue weighted by atomic mass is 9.92. The Hall–Kier alpha value is -0.370. The number of ether oxygens (including phenoxy) is 1. The summed E-state index contributed by atoms with van der Waals surface area (Å²) >= 11 is 0. The van der Waals surface area contributed by atoms with E-state index < -0.39 is 5.60 Å². The van der Waals surface area contributed by atoms with Gasteiger partial charge in [0.1, 0.15) is 5.60 Å². The van der Waals surface area contributed by atoms with Gasteiger partial charge in [0, 0.05) is 13.0 Å². The van der Waals surface area contributed by atoms with Crippen LogP contribution >= 0.6 is 0 Å². The fourth-order valence-corrected chi connectivity index (χ4v) is 1.59. The van der Waals surface area contributed by atoms with Crippen molar-refractivity contribution < 1.29 is 9.53 Å². The van der Waals surface area contributed by atoms with Gasteiger partial charge in [-0.2, -0.15) is 0 Å². The highest BCUT2D eigenvalue weighted by Gasteiger charge is 2.31. The van der Waals surface area contributed by atoms with Crippen molar-refractivity contribution in [3.05, 3.63) is 0 Å². The van der Waals surface area contributed by atoms with Crippen molar-refractivity contribution in [2.45, 2.75) is 65.4 Å². The highest BCUT2D eigenvalue weighted by atomic mass is 16.5. The molecule has 0 aromatic rings. The molecule has 0 heterocycles. The number of Topliss-reactive ketones (excluding diaryl/α,β-unsaturated/α-hetero) is 1. The van der Waals surface area contributed by atoms with E-state index in [4.69, 9.17) is 4.74 Å². The first kappa shape index (κ1) is 13.6. The van der Waals surface area contributed by atoms with Crippen molar-refractivity contribution in [1.29, 1.82) is 0 Å². The third-order valence-electron chi connectivity index (χ3n) is 2.42. The molecule has 0 aliphatic heterocycles. The molecule has 1 atom stereocenters. The molecule has 0 rings (SSSR count). The lowest BCUT2D eigenvalue weighted by Crippen LogP contribution is -2.38. The highest BCUT2D eigenvalue weighted by Crippen LogP contribution is 2.21. The molecule has 0 N–H and O–H groups in total. The number of ketones is 1. The van der Waals surface area contributed by atoms with Gasteiger partial charge in [-0.25, -0.2) is 0 Å². The third kappa shape index (κ3) is 4.23. The fraction of sp³-hybridized carbons (Fsp3) is 0.917. The lowest BCUT2D eigenvalue weighted by Gasteiger charge is -2.28. The third-order valence-corrected chi connectivity index (χ3v) is 2.42. The minimum absolute atomic E-state index is 0.260. The van der Waals surface area contributed by atoms with Crippen molar-refractivity contribution in [3.8, 4) is 0 Å². The Morgan fingerprint density at radius 2 is 1.79 bits per heavy atom. The van der Waals surface area contributed by atoms with E-state index in [9.17, 15) is 4.79 Å². The molecule has 1 unspecified atom stereocenters. The van der Waals surface area contributed by atoms with Gasteiger partial charge in [0.15, 0.2) is 5.78 Å². The van der Waals surface area contributed by atoms with Gasteiger partial charge in [0.2, 0.25) is 0 Å². The Morgan fingerprint density at radius 3 is 2.21 bits per heavy atom. The second-order valence-corrected chi connectivity index (χ2v) is 4.00. The molecule has 0 saturated heterocycles. The van der Waals surface area contributed by atoms with Gasteiger partial charge in [-0.1, -0.05) is 27.2 Å². The van der Waals surface area contributed by atoms with E-state index in [0.717, 1.165) is 25.7 Å². The van der Waals surface area contributed by atoms with Gasteiger partial charge in [0.25, 0.3) is 0 Å². The zero-order valence-corrected chi connectivity index (χ0v) is 10.1. The van der Waals surface area contributed by atoms with E-state index in [2.05, 4.69) is 13.8 Å². The Bertz CT molecular complexity index is 166. The molecule has 0 saturated carbocycles. The zero-order chi connectivity index (χ0) is 11.0. The molecule has 0 aliphatic rings. The first-order valence-corrected chi connectivity index (χ1v) is 5.78. The SMILES string of the molecule is CCCOC(C)(CCC)C(=O)CCC. The average molecular weight is 200 g/mol. The van der Waals surface area contributed by atoms with Gasteiger partial charge < -0.3 is 4.74 Å². The summed E-state index contributed by atoms with van der Waals surface area (Å²) < 4.78 is 5.68. The topological polar surface area (TPSA) is 26.3 Å². The normalized spacial score (nSPS) is 15.1. The van der Waals surface area contributed by atoms with Gasteiger partial charge in [-0.15, -0.1) is 0 Å². The predicted octanol–water partition coefficient (Wildman–Crippen LogP) is 3.34. The second-order valence-electron chi connectivity index (χ2n) is 4.00. The molecule has 0 radical (unpaired) electrons. The molecule has 14 heavy (non-hydrogen) atoms. The molecule has 0 amide bonds. The van der Waals surface area contributed by atoms with E-state index >= 15 is 0 Å². The van der Waals surface area contributed by atoms with Crippen LogP contribution in [0.4, 0.5) is 0 Å². The summed E-state index contributed by atoms with van der Waals surface area (Å²) in [7, 11) is 0. The van der Waals surface area contributed by atoms with Crippen molar-refractivity contribution in [1.82, 2.24) is 0 Å². The Kier molecular flexibility index (Phi) is 6.81. The summed E-state index contributed by atoms with van der Waals surface area (Å²) in [4.78, 5) is 11.8. The summed E-state index contributed by atoms with van der Waals surface area (Å²) in [5, 5.41) is 0. The number of hydrogen-bond acceptors (Lipinski definition) is 2. The molecule has 2 nitrogen and oxygen atoms in total. The summed E-state index contributed by atoms with van der Waals surface area (Å²) in [6.07, 6.45) is 4.36. The standard InChI is InChI=1S/C12H24O2/c1-5-8-11(13)12(4,9-6-2)14-10-7-3/h5-10H2,1-4H3. The van der Waals surface area contributed by atoms with E-state index in [1.54, 1.807) is 0 Å². The van der Waals surface area contributed by atoms with Gasteiger partial charge in [-0.3, -0.25) is 4.79 Å². The predicted molar refractivity (Wildman–Crippen MR) is 59.5 cm³/mol. The number of carbonyl (C=O) groups excluding carboxylic acids is 1. The average Bonchev–Trinajstić information content (AvgIpc) is 2.15. The van der Waals surface area contributed by atoms with Crippen LogP contribution in [0.25, 0.3) is 0 Å². The van der Waals surface area contributed by atoms with Crippen LogP contribution in [0.3, 0.4) is 0 Å². The van der Waals surface area contributed by atoms with Crippen LogP contribution in [0, 0.1) is 0 Å². The zero-order valence-electron chi connectivity index (χ0n) is 10.1. The smallest absolute Gasteiger partial charge is 0.164 e. The van der Waals surface area contributed by atoms with Gasteiger partial charge in [-0.05, 0) is 26.2 Å². The summed E-state index contributed by atoms with van der Waals surface area (Å²) in [6, 6.07) is 0.